The first-order valence-electron chi connectivity index (χ1n) is 5.79. The van der Waals surface area contributed by atoms with Crippen LogP contribution in [0.1, 0.15) is 33.1 Å². The van der Waals surface area contributed by atoms with Gasteiger partial charge in [0.1, 0.15) is 5.69 Å². The number of nitrogens with one attached hydrogen (secondary N) is 1. The number of rotatable bonds is 2. The highest BCUT2D eigenvalue weighted by atomic mass is 19.2. The summed E-state index contributed by atoms with van der Waals surface area (Å²) in [5.74, 6) is -6.22. The molecule has 18 heavy (non-hydrogen) atoms. The molecule has 0 spiro atoms. The summed E-state index contributed by atoms with van der Waals surface area (Å²) in [6, 6.07) is -0.220. The lowest BCUT2D eigenvalue weighted by molar-refractivity contribution is 0.344. The van der Waals surface area contributed by atoms with Gasteiger partial charge < -0.3 is 5.32 Å². The number of halogens is 4. The van der Waals surface area contributed by atoms with E-state index in [0.717, 1.165) is 12.8 Å². The van der Waals surface area contributed by atoms with Crippen LogP contribution < -0.4 is 5.32 Å². The highest BCUT2D eigenvalue weighted by Crippen LogP contribution is 2.39. The number of nitrogens with zero attached hydrogens (tertiary/aromatic N) is 1. The van der Waals surface area contributed by atoms with E-state index in [0.29, 0.717) is 6.42 Å². The zero-order valence-electron chi connectivity index (χ0n) is 10.2. The van der Waals surface area contributed by atoms with Crippen molar-refractivity contribution in [1.82, 2.24) is 4.98 Å². The van der Waals surface area contributed by atoms with Crippen LogP contribution in [0, 0.1) is 28.9 Å². The Morgan fingerprint density at radius 2 is 1.67 bits per heavy atom. The van der Waals surface area contributed by atoms with Gasteiger partial charge >= 0.3 is 0 Å². The van der Waals surface area contributed by atoms with E-state index >= 15 is 0 Å². The smallest absolute Gasteiger partial charge is 0.253 e. The van der Waals surface area contributed by atoms with E-state index in [2.05, 4.69) is 10.3 Å². The van der Waals surface area contributed by atoms with Crippen molar-refractivity contribution in [3.63, 3.8) is 0 Å². The Kier molecular flexibility index (Phi) is 3.21. The molecule has 0 aliphatic heterocycles. The molecule has 1 aromatic rings. The van der Waals surface area contributed by atoms with Gasteiger partial charge in [0.15, 0.2) is 0 Å². The van der Waals surface area contributed by atoms with Gasteiger partial charge in [0.25, 0.3) is 11.9 Å². The van der Waals surface area contributed by atoms with E-state index < -0.39 is 29.2 Å². The van der Waals surface area contributed by atoms with Gasteiger partial charge in [0, 0.05) is 6.04 Å². The van der Waals surface area contributed by atoms with Crippen LogP contribution in [0.2, 0.25) is 0 Å². The maximum Gasteiger partial charge on any atom is 0.253 e. The van der Waals surface area contributed by atoms with Crippen molar-refractivity contribution in [2.75, 3.05) is 5.32 Å². The predicted molar refractivity (Wildman–Crippen MR) is 59.1 cm³/mol. The van der Waals surface area contributed by atoms with Gasteiger partial charge in [-0.15, -0.1) is 0 Å². The molecule has 1 unspecified atom stereocenters. The third-order valence-electron chi connectivity index (χ3n) is 3.57. The van der Waals surface area contributed by atoms with Crippen molar-refractivity contribution < 1.29 is 17.6 Å². The summed E-state index contributed by atoms with van der Waals surface area (Å²) in [5, 5.41) is 2.58. The Hall–Kier alpha value is -1.33. The molecule has 2 rings (SSSR count). The first-order chi connectivity index (χ1) is 8.33. The molecule has 0 amide bonds. The molecule has 0 aromatic carbocycles. The maximum absolute atomic E-state index is 13.4. The molecule has 1 heterocycles. The number of hydrogen-bond donors (Lipinski definition) is 1. The third kappa shape index (κ3) is 2.15. The molecule has 1 N–H and O–H groups in total. The average Bonchev–Trinajstić information content (AvgIpc) is 2.61. The monoisotopic (exact) mass is 262 g/mol. The topological polar surface area (TPSA) is 24.9 Å². The van der Waals surface area contributed by atoms with Crippen molar-refractivity contribution >= 4 is 5.69 Å². The lowest BCUT2D eigenvalue weighted by atomic mass is 9.87. The second-order valence-corrected chi connectivity index (χ2v) is 5.27. The predicted octanol–water partition coefficient (Wildman–Crippen LogP) is 3.63. The van der Waals surface area contributed by atoms with E-state index in [4.69, 9.17) is 0 Å². The Morgan fingerprint density at radius 1 is 1.11 bits per heavy atom. The summed E-state index contributed by atoms with van der Waals surface area (Å²) in [6.45, 7) is 3.89. The normalized spacial score (nSPS) is 22.2. The minimum absolute atomic E-state index is 0.172. The van der Waals surface area contributed by atoms with Crippen molar-refractivity contribution in [2.45, 2.75) is 39.2 Å². The van der Waals surface area contributed by atoms with Crippen molar-refractivity contribution in [3.05, 3.63) is 23.5 Å². The zero-order chi connectivity index (χ0) is 13.5. The maximum atomic E-state index is 13.4. The van der Waals surface area contributed by atoms with Crippen LogP contribution >= 0.6 is 0 Å². The van der Waals surface area contributed by atoms with E-state index in [1.807, 2.05) is 13.8 Å². The summed E-state index contributed by atoms with van der Waals surface area (Å²) in [6.07, 6.45) is 2.51. The Bertz CT molecular complexity index is 447. The fourth-order valence-corrected chi connectivity index (χ4v) is 2.38. The molecule has 6 heteroatoms. The van der Waals surface area contributed by atoms with Gasteiger partial charge in [-0.05, 0) is 18.3 Å². The van der Waals surface area contributed by atoms with E-state index in [-0.39, 0.29) is 11.5 Å². The molecular formula is C12H14F4N2. The molecule has 100 valence electrons. The number of aromatic nitrogens is 1. The summed E-state index contributed by atoms with van der Waals surface area (Å²) in [4.78, 5) is 2.52. The van der Waals surface area contributed by atoms with Gasteiger partial charge in [0.2, 0.25) is 11.6 Å². The van der Waals surface area contributed by atoms with Gasteiger partial charge in [-0.25, -0.2) is 0 Å². The van der Waals surface area contributed by atoms with E-state index in [9.17, 15) is 17.6 Å². The van der Waals surface area contributed by atoms with Gasteiger partial charge in [-0.2, -0.15) is 22.5 Å². The van der Waals surface area contributed by atoms with Crippen molar-refractivity contribution in [1.29, 1.82) is 0 Å². The third-order valence-corrected chi connectivity index (χ3v) is 3.57. The molecule has 2 nitrogen and oxygen atoms in total. The first-order valence-corrected chi connectivity index (χ1v) is 5.79. The fourth-order valence-electron chi connectivity index (χ4n) is 2.38. The van der Waals surface area contributed by atoms with Crippen LogP contribution in [-0.4, -0.2) is 11.0 Å². The molecule has 0 bridgehead atoms. The second-order valence-electron chi connectivity index (χ2n) is 5.27. The summed E-state index contributed by atoms with van der Waals surface area (Å²) in [5.41, 5.74) is -0.935. The first kappa shape index (κ1) is 13.1. The summed E-state index contributed by atoms with van der Waals surface area (Å²) < 4.78 is 52.8. The van der Waals surface area contributed by atoms with Crippen LogP contribution in [0.4, 0.5) is 23.2 Å². The number of pyridine rings is 1. The van der Waals surface area contributed by atoms with Gasteiger partial charge in [-0.1, -0.05) is 20.3 Å². The Balaban J connectivity index is 2.35. The highest BCUT2D eigenvalue weighted by molar-refractivity contribution is 5.46. The van der Waals surface area contributed by atoms with Crippen LogP contribution in [0.5, 0.6) is 0 Å². The zero-order valence-corrected chi connectivity index (χ0v) is 10.2. The lowest BCUT2D eigenvalue weighted by Crippen LogP contribution is -2.32. The number of hydrogen-bond acceptors (Lipinski definition) is 2. The van der Waals surface area contributed by atoms with Crippen LogP contribution in [0.25, 0.3) is 0 Å². The minimum atomic E-state index is -1.63. The van der Waals surface area contributed by atoms with Crippen molar-refractivity contribution in [3.8, 4) is 0 Å². The molecule has 1 atom stereocenters. The summed E-state index contributed by atoms with van der Waals surface area (Å²) in [7, 11) is 0. The molecule has 1 aromatic heterocycles. The Morgan fingerprint density at radius 3 is 2.11 bits per heavy atom. The SMILES string of the molecule is CC1(C)CCCC1Nc1c(F)c(F)nc(F)c1F. The highest BCUT2D eigenvalue weighted by Gasteiger charge is 2.36. The van der Waals surface area contributed by atoms with Gasteiger partial charge in [-0.3, -0.25) is 0 Å². The van der Waals surface area contributed by atoms with Crippen LogP contribution in [0.15, 0.2) is 0 Å². The molecular weight excluding hydrogens is 248 g/mol. The van der Waals surface area contributed by atoms with E-state index in [1.165, 1.54) is 0 Å². The average molecular weight is 262 g/mol. The van der Waals surface area contributed by atoms with Crippen molar-refractivity contribution in [2.24, 2.45) is 5.41 Å². The lowest BCUT2D eigenvalue weighted by Gasteiger charge is -2.28. The van der Waals surface area contributed by atoms with E-state index in [1.54, 1.807) is 0 Å². The molecule has 1 aliphatic rings. The largest absolute Gasteiger partial charge is 0.377 e. The van der Waals surface area contributed by atoms with Crippen LogP contribution in [-0.2, 0) is 0 Å². The molecule has 0 radical (unpaired) electrons. The molecule has 0 saturated heterocycles. The molecule has 1 aliphatic carbocycles. The second kappa shape index (κ2) is 4.40. The Labute approximate surface area is 102 Å². The molecule has 1 saturated carbocycles. The van der Waals surface area contributed by atoms with Gasteiger partial charge in [0.05, 0.1) is 0 Å². The van der Waals surface area contributed by atoms with Crippen LogP contribution in [0.3, 0.4) is 0 Å². The standard InChI is InChI=1S/C12H14F4N2/c1-12(2)5-3-4-6(12)17-9-7(13)10(15)18-11(16)8(9)14/h6H,3-5H2,1-2H3,(H,17,18). The molecule has 1 fully saturated rings. The fraction of sp³-hybridized carbons (Fsp3) is 0.583. The minimum Gasteiger partial charge on any atom is -0.377 e. The number of anilines is 1. The summed E-state index contributed by atoms with van der Waals surface area (Å²) >= 11 is 0. The quantitative estimate of drug-likeness (QED) is 0.650.